The van der Waals surface area contributed by atoms with Crippen LogP contribution in [0.1, 0.15) is 18.5 Å². The van der Waals surface area contributed by atoms with Crippen molar-refractivity contribution in [3.05, 3.63) is 35.9 Å². The number of amides is 1. The number of rotatable bonds is 3. The lowest BCUT2D eigenvalue weighted by Crippen LogP contribution is -2.51. The molecule has 1 aliphatic rings. The van der Waals surface area contributed by atoms with Crippen LogP contribution in [0.3, 0.4) is 0 Å². The summed E-state index contributed by atoms with van der Waals surface area (Å²) in [7, 11) is 1.32. The number of hydrogen-bond donors (Lipinski definition) is 0. The Morgan fingerprint density at radius 1 is 1.42 bits per heavy atom. The van der Waals surface area contributed by atoms with E-state index in [4.69, 9.17) is 9.47 Å². The van der Waals surface area contributed by atoms with Gasteiger partial charge in [-0.2, -0.15) is 0 Å². The molecule has 0 bridgehead atoms. The Bertz CT molecular complexity index is 460. The number of benzene rings is 1. The van der Waals surface area contributed by atoms with Crippen LogP contribution in [0.5, 0.6) is 0 Å². The van der Waals surface area contributed by atoms with Gasteiger partial charge in [-0.15, -0.1) is 0 Å². The molecule has 2 rings (SSSR count). The van der Waals surface area contributed by atoms with Gasteiger partial charge in [0.2, 0.25) is 5.91 Å². The maximum atomic E-state index is 11.9. The minimum Gasteiger partial charge on any atom is -0.467 e. The van der Waals surface area contributed by atoms with Crippen molar-refractivity contribution in [3.8, 4) is 0 Å². The zero-order chi connectivity index (χ0) is 13.8. The third kappa shape index (κ3) is 2.61. The molecule has 1 amide bonds. The van der Waals surface area contributed by atoms with Crippen LogP contribution in [0.4, 0.5) is 0 Å². The van der Waals surface area contributed by atoms with E-state index in [-0.39, 0.29) is 12.5 Å². The minimum atomic E-state index is -0.773. The molecule has 0 radical (unpaired) electrons. The highest BCUT2D eigenvalue weighted by Crippen LogP contribution is 2.30. The van der Waals surface area contributed by atoms with Gasteiger partial charge in [0.05, 0.1) is 13.2 Å². The molecule has 5 heteroatoms. The summed E-state index contributed by atoms with van der Waals surface area (Å²) in [5.41, 5.74) is 0.868. The van der Waals surface area contributed by atoms with Gasteiger partial charge in [-0.1, -0.05) is 30.3 Å². The average molecular weight is 263 g/mol. The van der Waals surface area contributed by atoms with Gasteiger partial charge in [0.1, 0.15) is 6.61 Å². The molecule has 19 heavy (non-hydrogen) atoms. The first kappa shape index (κ1) is 13.5. The van der Waals surface area contributed by atoms with Gasteiger partial charge in [-0.25, -0.2) is 4.79 Å². The Balaban J connectivity index is 2.39. The Kier molecular flexibility index (Phi) is 4.16. The predicted molar refractivity (Wildman–Crippen MR) is 68.3 cm³/mol. The highest BCUT2D eigenvalue weighted by molar-refractivity contribution is 5.83. The molecule has 2 atom stereocenters. The molecule has 1 fully saturated rings. The molecule has 1 saturated heterocycles. The van der Waals surface area contributed by atoms with Crippen LogP contribution in [0, 0.1) is 0 Å². The minimum absolute atomic E-state index is 0.0864. The lowest BCUT2D eigenvalue weighted by molar-refractivity contribution is -0.175. The zero-order valence-electron chi connectivity index (χ0n) is 11.0. The number of hydrogen-bond acceptors (Lipinski definition) is 4. The normalized spacial score (nSPS) is 23.3. The highest BCUT2D eigenvalue weighted by Gasteiger charge is 2.41. The molecule has 0 spiro atoms. The third-order valence-electron chi connectivity index (χ3n) is 3.24. The van der Waals surface area contributed by atoms with E-state index in [9.17, 15) is 9.59 Å². The summed E-state index contributed by atoms with van der Waals surface area (Å²) >= 11 is 0. The first-order valence-electron chi connectivity index (χ1n) is 6.23. The monoisotopic (exact) mass is 263 g/mol. The van der Waals surface area contributed by atoms with Crippen molar-refractivity contribution in [2.45, 2.75) is 19.1 Å². The number of esters is 1. The van der Waals surface area contributed by atoms with Gasteiger partial charge >= 0.3 is 5.97 Å². The van der Waals surface area contributed by atoms with Crippen molar-refractivity contribution in [2.75, 3.05) is 20.3 Å². The fourth-order valence-corrected chi connectivity index (χ4v) is 2.34. The van der Waals surface area contributed by atoms with E-state index < -0.39 is 18.1 Å². The molecule has 1 aromatic rings. The van der Waals surface area contributed by atoms with E-state index in [2.05, 4.69) is 0 Å². The maximum absolute atomic E-state index is 11.9. The Hall–Kier alpha value is -1.88. The number of ether oxygens (including phenoxy) is 2. The van der Waals surface area contributed by atoms with Crippen molar-refractivity contribution in [1.29, 1.82) is 0 Å². The first-order chi connectivity index (χ1) is 9.19. The second-order valence-electron chi connectivity index (χ2n) is 4.29. The fourth-order valence-electron chi connectivity index (χ4n) is 2.34. The lowest BCUT2D eigenvalue weighted by atomic mass is 9.98. The van der Waals surface area contributed by atoms with Gasteiger partial charge in [-0.05, 0) is 12.5 Å². The van der Waals surface area contributed by atoms with Crippen molar-refractivity contribution >= 4 is 11.9 Å². The van der Waals surface area contributed by atoms with Crippen LogP contribution >= 0.6 is 0 Å². The van der Waals surface area contributed by atoms with Gasteiger partial charge in [0, 0.05) is 6.54 Å². The van der Waals surface area contributed by atoms with E-state index in [1.165, 1.54) is 7.11 Å². The molecule has 1 aromatic carbocycles. The van der Waals surface area contributed by atoms with Gasteiger partial charge in [0.15, 0.2) is 6.10 Å². The SMILES string of the molecule is CCN1C(=O)CO[C@@H](C(=O)OC)[C@@H]1c1ccccc1. The van der Waals surface area contributed by atoms with Crippen LogP contribution < -0.4 is 0 Å². The van der Waals surface area contributed by atoms with E-state index in [0.717, 1.165) is 5.56 Å². The molecule has 5 nitrogen and oxygen atoms in total. The molecule has 102 valence electrons. The van der Waals surface area contributed by atoms with Crippen LogP contribution in [-0.4, -0.2) is 43.1 Å². The summed E-state index contributed by atoms with van der Waals surface area (Å²) in [5.74, 6) is -0.573. The molecule has 1 aliphatic heterocycles. The zero-order valence-corrected chi connectivity index (χ0v) is 11.0. The van der Waals surface area contributed by atoms with Crippen LogP contribution in [0.25, 0.3) is 0 Å². The van der Waals surface area contributed by atoms with Crippen molar-refractivity contribution in [1.82, 2.24) is 4.90 Å². The van der Waals surface area contributed by atoms with E-state index in [0.29, 0.717) is 6.54 Å². The van der Waals surface area contributed by atoms with Gasteiger partial charge < -0.3 is 14.4 Å². The molecule has 0 N–H and O–H groups in total. The molecule has 0 saturated carbocycles. The summed E-state index contributed by atoms with van der Waals surface area (Å²) in [4.78, 5) is 25.4. The van der Waals surface area contributed by atoms with Gasteiger partial charge in [0.25, 0.3) is 0 Å². The van der Waals surface area contributed by atoms with Crippen molar-refractivity contribution in [2.24, 2.45) is 0 Å². The second kappa shape index (κ2) is 5.84. The van der Waals surface area contributed by atoms with E-state index in [1.807, 2.05) is 37.3 Å². The number of likely N-dealkylation sites (N-methyl/N-ethyl adjacent to an activating group) is 1. The molecule has 0 aromatic heterocycles. The molecule has 1 heterocycles. The Labute approximate surface area is 112 Å². The molecular weight excluding hydrogens is 246 g/mol. The molecule has 0 aliphatic carbocycles. The summed E-state index contributed by atoms with van der Waals surface area (Å²) in [6.07, 6.45) is -0.773. The largest absolute Gasteiger partial charge is 0.467 e. The number of carbonyl (C=O) groups is 2. The number of carbonyl (C=O) groups excluding carboxylic acids is 2. The number of methoxy groups -OCH3 is 1. The maximum Gasteiger partial charge on any atom is 0.337 e. The Morgan fingerprint density at radius 2 is 2.11 bits per heavy atom. The average Bonchev–Trinajstić information content (AvgIpc) is 2.47. The van der Waals surface area contributed by atoms with E-state index in [1.54, 1.807) is 4.90 Å². The third-order valence-corrected chi connectivity index (χ3v) is 3.24. The smallest absolute Gasteiger partial charge is 0.337 e. The topological polar surface area (TPSA) is 55.8 Å². The Morgan fingerprint density at radius 3 is 2.68 bits per heavy atom. The van der Waals surface area contributed by atoms with Crippen molar-refractivity contribution < 1.29 is 19.1 Å². The fraction of sp³-hybridized carbons (Fsp3) is 0.429. The second-order valence-corrected chi connectivity index (χ2v) is 4.29. The predicted octanol–water partition coefficient (Wildman–Crippen LogP) is 1.15. The van der Waals surface area contributed by atoms with Gasteiger partial charge in [-0.3, -0.25) is 4.79 Å². The summed E-state index contributed by atoms with van der Waals surface area (Å²) < 4.78 is 10.1. The number of morpholine rings is 1. The van der Waals surface area contributed by atoms with E-state index >= 15 is 0 Å². The summed E-state index contributed by atoms with van der Waals surface area (Å²) in [5, 5.41) is 0. The van der Waals surface area contributed by atoms with Crippen LogP contribution in [0.2, 0.25) is 0 Å². The van der Waals surface area contributed by atoms with Crippen molar-refractivity contribution in [3.63, 3.8) is 0 Å². The van der Waals surface area contributed by atoms with Crippen LogP contribution in [0.15, 0.2) is 30.3 Å². The standard InChI is InChI=1S/C14H17NO4/c1-3-15-11(16)9-19-13(14(17)18-2)12(15)10-7-5-4-6-8-10/h4-8,12-13H,3,9H2,1-2H3/t12-,13+/m0/s1. The highest BCUT2D eigenvalue weighted by atomic mass is 16.6. The number of nitrogens with zero attached hydrogens (tertiary/aromatic N) is 1. The quantitative estimate of drug-likeness (QED) is 0.768. The molecular formula is C14H17NO4. The van der Waals surface area contributed by atoms with Crippen LogP contribution in [-0.2, 0) is 19.1 Å². The summed E-state index contributed by atoms with van der Waals surface area (Å²) in [6.45, 7) is 2.32. The summed E-state index contributed by atoms with van der Waals surface area (Å²) in [6, 6.07) is 8.96. The lowest BCUT2D eigenvalue weighted by Gasteiger charge is -2.39. The molecule has 0 unspecified atom stereocenters. The first-order valence-corrected chi connectivity index (χ1v) is 6.23.